The number of hydrogen-bond donors (Lipinski definition) is 1. The van der Waals surface area contributed by atoms with E-state index in [0.717, 1.165) is 11.3 Å². The Morgan fingerprint density at radius 2 is 1.71 bits per heavy atom. The van der Waals surface area contributed by atoms with E-state index in [0.29, 0.717) is 53.8 Å². The lowest BCUT2D eigenvalue weighted by atomic mass is 10.2. The molecule has 0 aliphatic carbocycles. The van der Waals surface area contributed by atoms with E-state index < -0.39 is 0 Å². The van der Waals surface area contributed by atoms with Crippen LogP contribution in [0.1, 0.15) is 18.1 Å². The van der Waals surface area contributed by atoms with Crippen LogP contribution in [0.5, 0.6) is 17.2 Å². The highest BCUT2D eigenvalue weighted by Crippen LogP contribution is 2.31. The van der Waals surface area contributed by atoms with Gasteiger partial charge >= 0.3 is 0 Å². The maximum Gasteiger partial charge on any atom is 0.263 e. The summed E-state index contributed by atoms with van der Waals surface area (Å²) >= 11 is 6.27. The van der Waals surface area contributed by atoms with Crippen molar-refractivity contribution in [2.45, 2.75) is 13.8 Å². The highest BCUT2D eigenvalue weighted by Gasteiger charge is 2.22. The molecule has 6 nitrogen and oxygen atoms in total. The average molecular weight is 460 g/mol. The van der Waals surface area contributed by atoms with E-state index in [9.17, 15) is 4.79 Å². The predicted octanol–water partition coefficient (Wildman–Crippen LogP) is 4.36. The van der Waals surface area contributed by atoms with Crippen molar-refractivity contribution in [3.05, 3.63) is 58.5 Å². The second-order valence-electron chi connectivity index (χ2n) is 6.61. The number of amides is 1. The van der Waals surface area contributed by atoms with Crippen LogP contribution in [0.2, 0.25) is 0 Å². The van der Waals surface area contributed by atoms with Gasteiger partial charge in [0.05, 0.1) is 24.7 Å². The van der Waals surface area contributed by atoms with Crippen molar-refractivity contribution in [3.63, 3.8) is 0 Å². The molecule has 0 saturated carbocycles. The number of thioether (sulfide) groups is 1. The Morgan fingerprint density at radius 1 is 0.968 bits per heavy atom. The van der Waals surface area contributed by atoms with E-state index >= 15 is 0 Å². The Hall–Kier alpha value is -2.55. The quantitative estimate of drug-likeness (QED) is 0.304. The molecule has 31 heavy (non-hydrogen) atoms. The molecule has 0 bridgehead atoms. The SMILES string of the molecule is CCOc1cc(/C=C2/SC(=S)NC2=O)ccc1OCCOCCOc1ccc(C)cc1. The van der Waals surface area contributed by atoms with Gasteiger partial charge in [0.25, 0.3) is 5.91 Å². The lowest BCUT2D eigenvalue weighted by Crippen LogP contribution is -2.17. The Kier molecular flexibility index (Phi) is 8.75. The van der Waals surface area contributed by atoms with Gasteiger partial charge in [0.15, 0.2) is 11.5 Å². The largest absolute Gasteiger partial charge is 0.491 e. The maximum atomic E-state index is 11.8. The molecule has 164 valence electrons. The van der Waals surface area contributed by atoms with E-state index in [2.05, 4.69) is 5.32 Å². The number of rotatable bonds is 11. The van der Waals surface area contributed by atoms with Gasteiger partial charge in [-0.3, -0.25) is 4.79 Å². The maximum absolute atomic E-state index is 11.8. The number of ether oxygens (including phenoxy) is 4. The molecule has 1 saturated heterocycles. The fraction of sp³-hybridized carbons (Fsp3) is 0.304. The normalized spacial score (nSPS) is 14.6. The molecular formula is C23H25NO5S2. The number of hydrogen-bond acceptors (Lipinski definition) is 7. The summed E-state index contributed by atoms with van der Waals surface area (Å²) in [5.74, 6) is 1.89. The van der Waals surface area contributed by atoms with Crippen LogP contribution in [-0.4, -0.2) is 43.3 Å². The van der Waals surface area contributed by atoms with Crippen LogP contribution in [0.3, 0.4) is 0 Å². The second-order valence-corrected chi connectivity index (χ2v) is 8.33. The zero-order valence-corrected chi connectivity index (χ0v) is 19.1. The van der Waals surface area contributed by atoms with Gasteiger partial charge in [0.2, 0.25) is 0 Å². The molecule has 0 spiro atoms. The summed E-state index contributed by atoms with van der Waals surface area (Å²) in [5.41, 5.74) is 2.03. The van der Waals surface area contributed by atoms with E-state index in [1.807, 2.05) is 56.3 Å². The first-order valence-electron chi connectivity index (χ1n) is 9.97. The molecular weight excluding hydrogens is 434 g/mol. The van der Waals surface area contributed by atoms with Gasteiger partial charge in [0.1, 0.15) is 23.3 Å². The number of carbonyl (C=O) groups excluding carboxylic acids is 1. The molecule has 0 atom stereocenters. The lowest BCUT2D eigenvalue weighted by Gasteiger charge is -2.13. The number of benzene rings is 2. The van der Waals surface area contributed by atoms with Gasteiger partial charge in [-0.25, -0.2) is 0 Å². The van der Waals surface area contributed by atoms with Gasteiger partial charge < -0.3 is 24.3 Å². The van der Waals surface area contributed by atoms with Crippen molar-refractivity contribution in [1.29, 1.82) is 0 Å². The third-order valence-electron chi connectivity index (χ3n) is 4.21. The first kappa shape index (κ1) is 23.1. The minimum absolute atomic E-state index is 0.184. The topological polar surface area (TPSA) is 66.0 Å². The molecule has 1 heterocycles. The Balaban J connectivity index is 1.45. The molecule has 1 fully saturated rings. The van der Waals surface area contributed by atoms with E-state index in [1.54, 1.807) is 6.08 Å². The van der Waals surface area contributed by atoms with Crippen LogP contribution in [0.25, 0.3) is 6.08 Å². The summed E-state index contributed by atoms with van der Waals surface area (Å²) in [6.45, 7) is 6.22. The summed E-state index contributed by atoms with van der Waals surface area (Å²) < 4.78 is 23.2. The van der Waals surface area contributed by atoms with Gasteiger partial charge in [-0.15, -0.1) is 0 Å². The van der Waals surface area contributed by atoms with Gasteiger partial charge in [-0.1, -0.05) is 47.7 Å². The molecule has 1 aliphatic heterocycles. The number of aryl methyl sites for hydroxylation is 1. The smallest absolute Gasteiger partial charge is 0.263 e. The fourth-order valence-electron chi connectivity index (χ4n) is 2.74. The van der Waals surface area contributed by atoms with Crippen molar-refractivity contribution < 1.29 is 23.7 Å². The molecule has 0 unspecified atom stereocenters. The fourth-order valence-corrected chi connectivity index (χ4v) is 3.78. The summed E-state index contributed by atoms with van der Waals surface area (Å²) in [7, 11) is 0. The molecule has 2 aromatic carbocycles. The molecule has 0 aromatic heterocycles. The van der Waals surface area contributed by atoms with Gasteiger partial charge in [0, 0.05) is 0 Å². The number of nitrogens with one attached hydrogen (secondary N) is 1. The van der Waals surface area contributed by atoms with Crippen molar-refractivity contribution >= 4 is 40.3 Å². The summed E-state index contributed by atoms with van der Waals surface area (Å²) in [6.07, 6.45) is 1.78. The molecule has 1 aliphatic rings. The van der Waals surface area contributed by atoms with Crippen molar-refractivity contribution in [2.24, 2.45) is 0 Å². The van der Waals surface area contributed by atoms with Crippen molar-refractivity contribution in [3.8, 4) is 17.2 Å². The number of carbonyl (C=O) groups is 1. The average Bonchev–Trinajstić information content (AvgIpc) is 3.06. The summed E-state index contributed by atoms with van der Waals surface area (Å²) in [5, 5.41) is 2.61. The third kappa shape index (κ3) is 7.27. The zero-order chi connectivity index (χ0) is 22.1. The Labute approximate surface area is 191 Å². The van der Waals surface area contributed by atoms with Crippen molar-refractivity contribution in [1.82, 2.24) is 5.32 Å². The molecule has 3 rings (SSSR count). The second kappa shape index (κ2) is 11.7. The van der Waals surface area contributed by atoms with Crippen molar-refractivity contribution in [2.75, 3.05) is 33.0 Å². The molecule has 8 heteroatoms. The standard InChI is InChI=1S/C23H25NO5S2/c1-3-27-20-14-17(15-21-22(25)24-23(30)31-21)6-9-19(20)29-13-11-26-10-12-28-18-7-4-16(2)5-8-18/h4-9,14-15H,3,10-13H2,1-2H3,(H,24,25,30)/b21-15+. The monoisotopic (exact) mass is 459 g/mol. The molecule has 0 radical (unpaired) electrons. The van der Waals surface area contributed by atoms with Gasteiger partial charge in [-0.05, 0) is 49.8 Å². The lowest BCUT2D eigenvalue weighted by molar-refractivity contribution is -0.115. The van der Waals surface area contributed by atoms with Crippen LogP contribution in [0.4, 0.5) is 0 Å². The zero-order valence-electron chi connectivity index (χ0n) is 17.5. The predicted molar refractivity (Wildman–Crippen MR) is 127 cm³/mol. The van der Waals surface area contributed by atoms with Crippen LogP contribution in [0.15, 0.2) is 47.4 Å². The van der Waals surface area contributed by atoms with E-state index in [-0.39, 0.29) is 5.91 Å². The first-order chi connectivity index (χ1) is 15.0. The highest BCUT2D eigenvalue weighted by molar-refractivity contribution is 8.26. The minimum Gasteiger partial charge on any atom is -0.491 e. The molecule has 1 amide bonds. The summed E-state index contributed by atoms with van der Waals surface area (Å²) in [4.78, 5) is 12.4. The number of thiocarbonyl (C=S) groups is 1. The Bertz CT molecular complexity index is 943. The minimum atomic E-state index is -0.184. The first-order valence-corrected chi connectivity index (χ1v) is 11.2. The van der Waals surface area contributed by atoms with Crippen LogP contribution < -0.4 is 19.5 Å². The molecule has 1 N–H and O–H groups in total. The van der Waals surface area contributed by atoms with E-state index in [4.69, 9.17) is 31.2 Å². The highest BCUT2D eigenvalue weighted by atomic mass is 32.2. The van der Waals surface area contributed by atoms with Gasteiger partial charge in [-0.2, -0.15) is 0 Å². The third-order valence-corrected chi connectivity index (χ3v) is 5.37. The van der Waals surface area contributed by atoms with Crippen LogP contribution >= 0.6 is 24.0 Å². The van der Waals surface area contributed by atoms with E-state index in [1.165, 1.54) is 17.3 Å². The van der Waals surface area contributed by atoms with Crippen LogP contribution in [0, 0.1) is 6.92 Å². The molecule has 2 aromatic rings. The van der Waals surface area contributed by atoms with Crippen LogP contribution in [-0.2, 0) is 9.53 Å². The Morgan fingerprint density at radius 3 is 2.39 bits per heavy atom. The summed E-state index contributed by atoms with van der Waals surface area (Å²) in [6, 6.07) is 13.5.